The predicted molar refractivity (Wildman–Crippen MR) is 88.3 cm³/mol. The standard InChI is InChI=1S/C16H12N4OS/c1-20-12(8-9-17-20)15(21)19-16-18-14-11-5-3-2-4-10(11)6-7-13(14)22-16/h2-9H,1H3,(H,18,19,21). The minimum absolute atomic E-state index is 0.205. The molecule has 4 aromatic rings. The van der Waals surface area contributed by atoms with Crippen molar-refractivity contribution >= 4 is 43.4 Å². The van der Waals surface area contributed by atoms with E-state index < -0.39 is 0 Å². The second-order valence-corrected chi connectivity index (χ2v) is 5.98. The number of aryl methyl sites for hydroxylation is 1. The number of rotatable bonds is 2. The molecule has 0 saturated heterocycles. The van der Waals surface area contributed by atoms with Crippen LogP contribution in [0, 0.1) is 0 Å². The second kappa shape index (κ2) is 4.92. The molecule has 2 heterocycles. The number of carbonyl (C=O) groups is 1. The van der Waals surface area contributed by atoms with Crippen molar-refractivity contribution in [3.8, 4) is 0 Å². The SMILES string of the molecule is Cn1nccc1C(=O)Nc1nc2c(ccc3ccccc32)s1. The highest BCUT2D eigenvalue weighted by Crippen LogP contribution is 2.31. The maximum absolute atomic E-state index is 12.2. The Labute approximate surface area is 130 Å². The fourth-order valence-electron chi connectivity index (χ4n) is 2.47. The minimum Gasteiger partial charge on any atom is -0.296 e. The molecule has 4 rings (SSSR count). The Morgan fingerprint density at radius 2 is 2.05 bits per heavy atom. The van der Waals surface area contributed by atoms with Gasteiger partial charge in [-0.1, -0.05) is 41.7 Å². The van der Waals surface area contributed by atoms with E-state index in [1.807, 2.05) is 24.3 Å². The van der Waals surface area contributed by atoms with E-state index in [1.54, 1.807) is 19.3 Å². The zero-order valence-electron chi connectivity index (χ0n) is 11.8. The van der Waals surface area contributed by atoms with Crippen molar-refractivity contribution in [1.29, 1.82) is 0 Å². The summed E-state index contributed by atoms with van der Waals surface area (Å²) in [7, 11) is 1.74. The second-order valence-electron chi connectivity index (χ2n) is 4.95. The van der Waals surface area contributed by atoms with E-state index in [0.29, 0.717) is 10.8 Å². The van der Waals surface area contributed by atoms with Gasteiger partial charge in [0.25, 0.3) is 5.91 Å². The van der Waals surface area contributed by atoms with Gasteiger partial charge >= 0.3 is 0 Å². The summed E-state index contributed by atoms with van der Waals surface area (Å²) in [5.41, 5.74) is 1.42. The van der Waals surface area contributed by atoms with E-state index in [1.165, 1.54) is 16.0 Å². The Balaban J connectivity index is 1.75. The molecule has 22 heavy (non-hydrogen) atoms. The van der Waals surface area contributed by atoms with E-state index >= 15 is 0 Å². The highest BCUT2D eigenvalue weighted by molar-refractivity contribution is 7.22. The lowest BCUT2D eigenvalue weighted by molar-refractivity contribution is 0.101. The van der Waals surface area contributed by atoms with Gasteiger partial charge in [0.1, 0.15) is 5.69 Å². The van der Waals surface area contributed by atoms with Crippen molar-refractivity contribution in [3.05, 3.63) is 54.4 Å². The first-order valence-corrected chi connectivity index (χ1v) is 7.62. The lowest BCUT2D eigenvalue weighted by Gasteiger charge is -2.01. The normalized spacial score (nSPS) is 11.1. The van der Waals surface area contributed by atoms with Crippen LogP contribution in [0.3, 0.4) is 0 Å². The number of aromatic nitrogens is 3. The smallest absolute Gasteiger partial charge is 0.275 e. The van der Waals surface area contributed by atoms with Gasteiger partial charge in [0.2, 0.25) is 0 Å². The van der Waals surface area contributed by atoms with Crippen LogP contribution in [-0.4, -0.2) is 20.7 Å². The topological polar surface area (TPSA) is 59.8 Å². The Hall–Kier alpha value is -2.73. The number of nitrogens with one attached hydrogen (secondary N) is 1. The van der Waals surface area contributed by atoms with Gasteiger partial charge < -0.3 is 0 Å². The maximum Gasteiger partial charge on any atom is 0.275 e. The molecule has 0 bridgehead atoms. The number of hydrogen-bond acceptors (Lipinski definition) is 4. The summed E-state index contributed by atoms with van der Waals surface area (Å²) < 4.78 is 2.59. The van der Waals surface area contributed by atoms with Gasteiger partial charge in [-0.05, 0) is 17.5 Å². The zero-order chi connectivity index (χ0) is 15.1. The first-order valence-electron chi connectivity index (χ1n) is 6.80. The summed E-state index contributed by atoms with van der Waals surface area (Å²) in [4.78, 5) is 16.8. The summed E-state index contributed by atoms with van der Waals surface area (Å²) in [6, 6.07) is 13.9. The molecule has 0 aliphatic heterocycles. The van der Waals surface area contributed by atoms with Crippen LogP contribution in [0.1, 0.15) is 10.5 Å². The number of hydrogen-bond donors (Lipinski definition) is 1. The van der Waals surface area contributed by atoms with Crippen LogP contribution >= 0.6 is 11.3 Å². The lowest BCUT2D eigenvalue weighted by Crippen LogP contribution is -2.15. The molecular formula is C16H12N4OS. The van der Waals surface area contributed by atoms with Gasteiger partial charge in [-0.3, -0.25) is 14.8 Å². The van der Waals surface area contributed by atoms with E-state index in [0.717, 1.165) is 21.0 Å². The molecule has 0 saturated carbocycles. The lowest BCUT2D eigenvalue weighted by atomic mass is 10.1. The van der Waals surface area contributed by atoms with E-state index in [9.17, 15) is 4.79 Å². The van der Waals surface area contributed by atoms with Crippen LogP contribution in [0.2, 0.25) is 0 Å². The van der Waals surface area contributed by atoms with Gasteiger partial charge in [0.05, 0.1) is 10.2 Å². The molecule has 108 valence electrons. The van der Waals surface area contributed by atoms with E-state index in [4.69, 9.17) is 0 Å². The van der Waals surface area contributed by atoms with Gasteiger partial charge in [-0.25, -0.2) is 4.98 Å². The van der Waals surface area contributed by atoms with E-state index in [2.05, 4.69) is 27.5 Å². The number of thiazole rings is 1. The monoisotopic (exact) mass is 308 g/mol. The molecule has 1 amide bonds. The van der Waals surface area contributed by atoms with Crippen molar-refractivity contribution in [1.82, 2.24) is 14.8 Å². The van der Waals surface area contributed by atoms with Crippen molar-refractivity contribution in [3.63, 3.8) is 0 Å². The molecule has 0 unspecified atom stereocenters. The van der Waals surface area contributed by atoms with Crippen molar-refractivity contribution in [2.75, 3.05) is 5.32 Å². The molecule has 0 atom stereocenters. The number of benzene rings is 2. The third kappa shape index (κ3) is 2.05. The quantitative estimate of drug-likeness (QED) is 0.617. The van der Waals surface area contributed by atoms with Crippen molar-refractivity contribution in [2.24, 2.45) is 7.05 Å². The Morgan fingerprint density at radius 1 is 1.18 bits per heavy atom. The van der Waals surface area contributed by atoms with Gasteiger partial charge in [-0.15, -0.1) is 0 Å². The van der Waals surface area contributed by atoms with Crippen LogP contribution in [-0.2, 0) is 7.05 Å². The molecule has 0 aliphatic carbocycles. The first kappa shape index (κ1) is 13.0. The summed E-state index contributed by atoms with van der Waals surface area (Å²) in [5.74, 6) is -0.205. The van der Waals surface area contributed by atoms with Gasteiger partial charge in [-0.2, -0.15) is 5.10 Å². The van der Waals surface area contributed by atoms with Crippen LogP contribution in [0.25, 0.3) is 21.0 Å². The fraction of sp³-hybridized carbons (Fsp3) is 0.0625. The average Bonchev–Trinajstić information content (AvgIpc) is 3.12. The molecule has 2 aromatic carbocycles. The summed E-state index contributed by atoms with van der Waals surface area (Å²) in [6.07, 6.45) is 1.60. The summed E-state index contributed by atoms with van der Waals surface area (Å²) in [5, 5.41) is 9.68. The highest BCUT2D eigenvalue weighted by Gasteiger charge is 2.13. The van der Waals surface area contributed by atoms with Gasteiger partial charge in [0.15, 0.2) is 5.13 Å². The molecule has 0 aliphatic rings. The number of fused-ring (bicyclic) bond motifs is 3. The first-order chi connectivity index (χ1) is 10.7. The minimum atomic E-state index is -0.205. The van der Waals surface area contributed by atoms with Crippen LogP contribution < -0.4 is 5.32 Å². The molecule has 2 aromatic heterocycles. The molecule has 0 fully saturated rings. The molecule has 1 N–H and O–H groups in total. The third-order valence-corrected chi connectivity index (χ3v) is 4.49. The largest absolute Gasteiger partial charge is 0.296 e. The molecule has 0 spiro atoms. The number of amides is 1. The molecule has 0 radical (unpaired) electrons. The van der Waals surface area contributed by atoms with Crippen LogP contribution in [0.15, 0.2) is 48.7 Å². The highest BCUT2D eigenvalue weighted by atomic mass is 32.1. The third-order valence-electron chi connectivity index (χ3n) is 3.56. The molecular weight excluding hydrogens is 296 g/mol. The van der Waals surface area contributed by atoms with Crippen LogP contribution in [0.5, 0.6) is 0 Å². The molecule has 5 nitrogen and oxygen atoms in total. The van der Waals surface area contributed by atoms with Crippen LogP contribution in [0.4, 0.5) is 5.13 Å². The van der Waals surface area contributed by atoms with Crippen molar-refractivity contribution in [2.45, 2.75) is 0 Å². The summed E-state index contributed by atoms with van der Waals surface area (Å²) >= 11 is 1.47. The average molecular weight is 308 g/mol. The number of anilines is 1. The maximum atomic E-state index is 12.2. The van der Waals surface area contributed by atoms with Gasteiger partial charge in [0, 0.05) is 18.6 Å². The predicted octanol–water partition coefficient (Wildman–Crippen LogP) is 3.44. The van der Waals surface area contributed by atoms with E-state index in [-0.39, 0.29) is 5.91 Å². The summed E-state index contributed by atoms with van der Waals surface area (Å²) in [6.45, 7) is 0. The number of nitrogens with zero attached hydrogens (tertiary/aromatic N) is 3. The number of carbonyl (C=O) groups excluding carboxylic acids is 1. The molecule has 6 heteroatoms. The van der Waals surface area contributed by atoms with Crippen molar-refractivity contribution < 1.29 is 4.79 Å². The Morgan fingerprint density at radius 3 is 2.86 bits per heavy atom. The zero-order valence-corrected chi connectivity index (χ0v) is 12.6. The Bertz CT molecular complexity index is 1000. The fourth-order valence-corrected chi connectivity index (χ4v) is 3.35. The Kier molecular flexibility index (Phi) is 2.90.